The van der Waals surface area contributed by atoms with Crippen LogP contribution in [-0.2, 0) is 6.54 Å². The number of hydrogen-bond donors (Lipinski definition) is 1. The maximum Gasteiger partial charge on any atom is 0.214 e. The standard InChI is InChI=1S/C8H13N3O/c1-6-3-10-11-4-7(2-9)5-12-8(6)11/h3,7H,2,4-5,9H2,1H3/t7-/m1/s1. The molecule has 1 aromatic heterocycles. The van der Waals surface area contributed by atoms with E-state index in [0.717, 1.165) is 24.6 Å². The van der Waals surface area contributed by atoms with Crippen LogP contribution in [0.3, 0.4) is 0 Å². The van der Waals surface area contributed by atoms with Gasteiger partial charge >= 0.3 is 0 Å². The minimum absolute atomic E-state index is 0.414. The van der Waals surface area contributed by atoms with E-state index in [1.807, 2.05) is 17.8 Å². The van der Waals surface area contributed by atoms with Crippen LogP contribution in [-0.4, -0.2) is 22.9 Å². The highest BCUT2D eigenvalue weighted by Crippen LogP contribution is 2.22. The molecule has 0 amide bonds. The minimum atomic E-state index is 0.414. The van der Waals surface area contributed by atoms with Gasteiger partial charge in [-0.15, -0.1) is 0 Å². The number of aryl methyl sites for hydroxylation is 1. The van der Waals surface area contributed by atoms with Crippen LogP contribution in [0.4, 0.5) is 0 Å². The zero-order valence-electron chi connectivity index (χ0n) is 7.16. The largest absolute Gasteiger partial charge is 0.477 e. The van der Waals surface area contributed by atoms with Crippen molar-refractivity contribution in [3.8, 4) is 5.88 Å². The molecule has 0 fully saturated rings. The molecule has 0 aromatic carbocycles. The van der Waals surface area contributed by atoms with Gasteiger partial charge in [0.2, 0.25) is 5.88 Å². The summed E-state index contributed by atoms with van der Waals surface area (Å²) in [5.41, 5.74) is 6.65. The molecule has 0 unspecified atom stereocenters. The maximum absolute atomic E-state index is 5.55. The van der Waals surface area contributed by atoms with Crippen LogP contribution < -0.4 is 10.5 Å². The molecule has 4 heteroatoms. The Hall–Kier alpha value is -1.03. The van der Waals surface area contributed by atoms with E-state index < -0.39 is 0 Å². The smallest absolute Gasteiger partial charge is 0.214 e. The van der Waals surface area contributed by atoms with Crippen molar-refractivity contribution in [3.05, 3.63) is 11.8 Å². The summed E-state index contributed by atoms with van der Waals surface area (Å²) in [6.45, 7) is 4.28. The average molecular weight is 167 g/mol. The third-order valence-electron chi connectivity index (χ3n) is 2.18. The summed E-state index contributed by atoms with van der Waals surface area (Å²) in [6, 6.07) is 0. The monoisotopic (exact) mass is 167 g/mol. The van der Waals surface area contributed by atoms with Crippen LogP contribution in [0.15, 0.2) is 6.20 Å². The Balaban J connectivity index is 2.24. The molecule has 0 aliphatic carbocycles. The lowest BCUT2D eigenvalue weighted by Crippen LogP contribution is -2.31. The van der Waals surface area contributed by atoms with Crippen molar-refractivity contribution < 1.29 is 4.74 Å². The summed E-state index contributed by atoms with van der Waals surface area (Å²) < 4.78 is 7.40. The van der Waals surface area contributed by atoms with E-state index >= 15 is 0 Å². The molecular formula is C8H13N3O. The van der Waals surface area contributed by atoms with Gasteiger partial charge in [0, 0.05) is 18.0 Å². The summed E-state index contributed by atoms with van der Waals surface area (Å²) in [5, 5.41) is 4.19. The van der Waals surface area contributed by atoms with Gasteiger partial charge in [0.05, 0.1) is 19.3 Å². The lowest BCUT2D eigenvalue weighted by molar-refractivity contribution is 0.167. The molecule has 1 atom stereocenters. The lowest BCUT2D eigenvalue weighted by atomic mass is 10.1. The fraction of sp³-hybridized carbons (Fsp3) is 0.625. The zero-order valence-corrected chi connectivity index (χ0v) is 7.16. The molecule has 12 heavy (non-hydrogen) atoms. The molecule has 4 nitrogen and oxygen atoms in total. The van der Waals surface area contributed by atoms with Crippen LogP contribution >= 0.6 is 0 Å². The molecule has 0 spiro atoms. The first kappa shape index (κ1) is 7.61. The Labute approximate surface area is 71.3 Å². The number of ether oxygens (including phenoxy) is 1. The molecule has 2 N–H and O–H groups in total. The highest BCUT2D eigenvalue weighted by molar-refractivity contribution is 5.23. The summed E-state index contributed by atoms with van der Waals surface area (Å²) in [7, 11) is 0. The highest BCUT2D eigenvalue weighted by Gasteiger charge is 2.20. The molecular weight excluding hydrogens is 154 g/mol. The zero-order chi connectivity index (χ0) is 8.55. The van der Waals surface area contributed by atoms with Crippen LogP contribution in [0.1, 0.15) is 5.56 Å². The number of rotatable bonds is 1. The van der Waals surface area contributed by atoms with Crippen molar-refractivity contribution >= 4 is 0 Å². The molecule has 1 aliphatic heterocycles. The Kier molecular flexibility index (Phi) is 1.77. The molecule has 0 radical (unpaired) electrons. The Morgan fingerprint density at radius 2 is 2.67 bits per heavy atom. The predicted molar refractivity (Wildman–Crippen MR) is 45.0 cm³/mol. The fourth-order valence-electron chi connectivity index (χ4n) is 1.42. The van der Waals surface area contributed by atoms with Crippen molar-refractivity contribution in [3.63, 3.8) is 0 Å². The highest BCUT2D eigenvalue weighted by atomic mass is 16.5. The molecule has 0 bridgehead atoms. The van der Waals surface area contributed by atoms with Crippen LogP contribution in [0, 0.1) is 12.8 Å². The third kappa shape index (κ3) is 1.08. The van der Waals surface area contributed by atoms with Crippen molar-refractivity contribution in [2.75, 3.05) is 13.2 Å². The molecule has 2 heterocycles. The second-order valence-corrected chi connectivity index (χ2v) is 3.23. The molecule has 0 saturated heterocycles. The second kappa shape index (κ2) is 2.79. The summed E-state index contributed by atoms with van der Waals surface area (Å²) >= 11 is 0. The van der Waals surface area contributed by atoms with E-state index in [4.69, 9.17) is 10.5 Å². The average Bonchev–Trinajstić information content (AvgIpc) is 2.47. The Morgan fingerprint density at radius 1 is 1.83 bits per heavy atom. The number of nitrogens with zero attached hydrogens (tertiary/aromatic N) is 2. The van der Waals surface area contributed by atoms with Gasteiger partial charge in [-0.25, -0.2) is 4.68 Å². The SMILES string of the molecule is Cc1cnn2c1OC[C@H](CN)C2. The molecule has 0 saturated carbocycles. The van der Waals surface area contributed by atoms with E-state index in [9.17, 15) is 0 Å². The molecule has 1 aromatic rings. The number of fused-ring (bicyclic) bond motifs is 1. The van der Waals surface area contributed by atoms with E-state index in [1.165, 1.54) is 0 Å². The Morgan fingerprint density at radius 3 is 3.42 bits per heavy atom. The Bertz CT molecular complexity index is 282. The molecule has 1 aliphatic rings. The topological polar surface area (TPSA) is 53.1 Å². The first-order chi connectivity index (χ1) is 5.81. The molecule has 2 rings (SSSR count). The van der Waals surface area contributed by atoms with E-state index in [2.05, 4.69) is 5.10 Å². The first-order valence-corrected chi connectivity index (χ1v) is 4.16. The van der Waals surface area contributed by atoms with E-state index in [-0.39, 0.29) is 0 Å². The van der Waals surface area contributed by atoms with E-state index in [0.29, 0.717) is 12.5 Å². The van der Waals surface area contributed by atoms with Crippen molar-refractivity contribution in [2.24, 2.45) is 11.7 Å². The van der Waals surface area contributed by atoms with Crippen molar-refractivity contribution in [1.82, 2.24) is 9.78 Å². The van der Waals surface area contributed by atoms with Gasteiger partial charge in [0.15, 0.2) is 0 Å². The summed E-state index contributed by atoms with van der Waals surface area (Å²) in [6.07, 6.45) is 1.83. The fourth-order valence-corrected chi connectivity index (χ4v) is 1.42. The van der Waals surface area contributed by atoms with Gasteiger partial charge in [-0.3, -0.25) is 0 Å². The van der Waals surface area contributed by atoms with Crippen LogP contribution in [0.2, 0.25) is 0 Å². The first-order valence-electron chi connectivity index (χ1n) is 4.16. The minimum Gasteiger partial charge on any atom is -0.477 e. The van der Waals surface area contributed by atoms with Gasteiger partial charge in [-0.1, -0.05) is 0 Å². The van der Waals surface area contributed by atoms with Crippen LogP contribution in [0.25, 0.3) is 0 Å². The normalized spacial score (nSPS) is 21.7. The number of hydrogen-bond acceptors (Lipinski definition) is 3. The quantitative estimate of drug-likeness (QED) is 0.648. The predicted octanol–water partition coefficient (Wildman–Crippen LogP) is 0.159. The van der Waals surface area contributed by atoms with Crippen molar-refractivity contribution in [2.45, 2.75) is 13.5 Å². The number of nitrogens with two attached hydrogens (primary N) is 1. The second-order valence-electron chi connectivity index (χ2n) is 3.23. The van der Waals surface area contributed by atoms with Gasteiger partial charge < -0.3 is 10.5 Å². The van der Waals surface area contributed by atoms with Gasteiger partial charge in [-0.2, -0.15) is 5.10 Å². The third-order valence-corrected chi connectivity index (χ3v) is 2.18. The van der Waals surface area contributed by atoms with Gasteiger partial charge in [0.1, 0.15) is 0 Å². The van der Waals surface area contributed by atoms with E-state index in [1.54, 1.807) is 0 Å². The van der Waals surface area contributed by atoms with Crippen molar-refractivity contribution in [1.29, 1.82) is 0 Å². The van der Waals surface area contributed by atoms with Crippen LogP contribution in [0.5, 0.6) is 5.88 Å². The molecule has 66 valence electrons. The lowest BCUT2D eigenvalue weighted by Gasteiger charge is -2.23. The van der Waals surface area contributed by atoms with Gasteiger partial charge in [-0.05, 0) is 6.92 Å². The number of aromatic nitrogens is 2. The summed E-state index contributed by atoms with van der Waals surface area (Å²) in [4.78, 5) is 0. The maximum atomic E-state index is 5.55. The summed E-state index contributed by atoms with van der Waals surface area (Å²) in [5.74, 6) is 1.32. The van der Waals surface area contributed by atoms with Gasteiger partial charge in [0.25, 0.3) is 0 Å².